The van der Waals surface area contributed by atoms with E-state index < -0.39 is 0 Å². The predicted octanol–water partition coefficient (Wildman–Crippen LogP) is 5.36. The van der Waals surface area contributed by atoms with E-state index in [9.17, 15) is 0 Å². The van der Waals surface area contributed by atoms with E-state index in [2.05, 4.69) is 87.5 Å². The first-order chi connectivity index (χ1) is 16.1. The monoisotopic (exact) mass is 454 g/mol. The molecule has 0 saturated carbocycles. The topological polar surface area (TPSA) is 42.3 Å². The SMILES string of the molecule is COc1ccc(CN2C(=S)N[C@H](c3ccccn3)[C@@H]2c2cccn2-c2ccc(C)cc2)cc1. The summed E-state index contributed by atoms with van der Waals surface area (Å²) in [5.74, 6) is 0.844. The van der Waals surface area contributed by atoms with Crippen molar-refractivity contribution in [3.05, 3.63) is 114 Å². The van der Waals surface area contributed by atoms with Gasteiger partial charge in [-0.25, -0.2) is 0 Å². The Morgan fingerprint density at radius 2 is 1.76 bits per heavy atom. The Labute approximate surface area is 199 Å². The van der Waals surface area contributed by atoms with E-state index in [1.807, 2.05) is 30.5 Å². The van der Waals surface area contributed by atoms with Crippen LogP contribution in [0.4, 0.5) is 0 Å². The molecule has 0 spiro atoms. The summed E-state index contributed by atoms with van der Waals surface area (Å²) < 4.78 is 7.57. The molecular weight excluding hydrogens is 428 g/mol. The van der Waals surface area contributed by atoms with Crippen LogP contribution in [-0.4, -0.2) is 26.7 Å². The number of hydrogen-bond donors (Lipinski definition) is 1. The molecule has 3 heterocycles. The number of nitrogens with zero attached hydrogens (tertiary/aromatic N) is 3. The highest BCUT2D eigenvalue weighted by atomic mass is 32.1. The zero-order chi connectivity index (χ0) is 22.8. The number of nitrogens with one attached hydrogen (secondary N) is 1. The first-order valence-electron chi connectivity index (χ1n) is 11.0. The van der Waals surface area contributed by atoms with Crippen LogP contribution in [0.25, 0.3) is 5.69 Å². The number of hydrogen-bond acceptors (Lipinski definition) is 3. The maximum Gasteiger partial charge on any atom is 0.170 e. The zero-order valence-electron chi connectivity index (χ0n) is 18.7. The van der Waals surface area contributed by atoms with Gasteiger partial charge in [0.25, 0.3) is 0 Å². The van der Waals surface area contributed by atoms with Gasteiger partial charge >= 0.3 is 0 Å². The second kappa shape index (κ2) is 9.08. The lowest BCUT2D eigenvalue weighted by molar-refractivity contribution is 0.302. The summed E-state index contributed by atoms with van der Waals surface area (Å²) in [4.78, 5) is 6.92. The van der Waals surface area contributed by atoms with Crippen LogP contribution in [0, 0.1) is 6.92 Å². The molecule has 6 heteroatoms. The summed E-state index contributed by atoms with van der Waals surface area (Å²) in [6.45, 7) is 2.79. The molecule has 166 valence electrons. The summed E-state index contributed by atoms with van der Waals surface area (Å²) in [7, 11) is 1.68. The molecule has 2 atom stereocenters. The van der Waals surface area contributed by atoms with Gasteiger partial charge < -0.3 is 19.5 Å². The van der Waals surface area contributed by atoms with Gasteiger partial charge in [-0.2, -0.15) is 0 Å². The maximum absolute atomic E-state index is 5.85. The Morgan fingerprint density at radius 1 is 0.970 bits per heavy atom. The Morgan fingerprint density at radius 3 is 2.45 bits per heavy atom. The molecule has 33 heavy (non-hydrogen) atoms. The van der Waals surface area contributed by atoms with Crippen molar-refractivity contribution in [2.75, 3.05) is 7.11 Å². The minimum Gasteiger partial charge on any atom is -0.497 e. The Hall–Kier alpha value is -3.64. The summed E-state index contributed by atoms with van der Waals surface area (Å²) in [6, 6.07) is 27.0. The number of aromatic nitrogens is 2. The third kappa shape index (κ3) is 4.22. The molecule has 0 bridgehead atoms. The predicted molar refractivity (Wildman–Crippen MR) is 134 cm³/mol. The molecule has 2 aromatic carbocycles. The van der Waals surface area contributed by atoms with Gasteiger partial charge in [0.1, 0.15) is 5.75 Å². The second-order valence-electron chi connectivity index (χ2n) is 8.24. The fraction of sp³-hybridized carbons (Fsp3) is 0.185. The molecule has 5 nitrogen and oxygen atoms in total. The summed E-state index contributed by atoms with van der Waals surface area (Å²) in [5.41, 5.74) is 5.67. The molecule has 5 rings (SSSR count). The highest BCUT2D eigenvalue weighted by Gasteiger charge is 2.41. The average molecular weight is 455 g/mol. The number of methoxy groups -OCH3 is 1. The van der Waals surface area contributed by atoms with Crippen LogP contribution < -0.4 is 10.1 Å². The van der Waals surface area contributed by atoms with E-state index >= 15 is 0 Å². The van der Waals surface area contributed by atoms with Crippen LogP contribution in [0.1, 0.15) is 34.6 Å². The number of benzene rings is 2. The van der Waals surface area contributed by atoms with Crippen molar-refractivity contribution in [3.63, 3.8) is 0 Å². The molecule has 0 radical (unpaired) electrons. The van der Waals surface area contributed by atoms with Crippen LogP contribution >= 0.6 is 12.2 Å². The Balaban J connectivity index is 1.57. The van der Waals surface area contributed by atoms with Gasteiger partial charge in [0.2, 0.25) is 0 Å². The number of pyridine rings is 1. The van der Waals surface area contributed by atoms with E-state index in [1.54, 1.807) is 7.11 Å². The molecule has 0 aliphatic carbocycles. The van der Waals surface area contributed by atoms with Crippen molar-refractivity contribution in [2.24, 2.45) is 0 Å². The van der Waals surface area contributed by atoms with Crippen molar-refractivity contribution in [1.82, 2.24) is 19.8 Å². The second-order valence-corrected chi connectivity index (χ2v) is 8.63. The highest BCUT2D eigenvalue weighted by molar-refractivity contribution is 7.80. The maximum atomic E-state index is 5.85. The quantitative estimate of drug-likeness (QED) is 0.397. The summed E-state index contributed by atoms with van der Waals surface area (Å²) >= 11 is 5.85. The minimum atomic E-state index is -0.0592. The molecule has 1 saturated heterocycles. The van der Waals surface area contributed by atoms with Crippen LogP contribution in [-0.2, 0) is 6.54 Å². The minimum absolute atomic E-state index is 0.0224. The van der Waals surface area contributed by atoms with Crippen molar-refractivity contribution in [1.29, 1.82) is 0 Å². The van der Waals surface area contributed by atoms with Crippen molar-refractivity contribution in [2.45, 2.75) is 25.6 Å². The van der Waals surface area contributed by atoms with E-state index in [0.717, 1.165) is 27.9 Å². The standard InChI is InChI=1S/C27H26N4OS/c1-19-8-12-21(13-9-19)30-17-5-7-24(30)26-25(23-6-3-4-16-28-23)29-27(33)31(26)18-20-10-14-22(32-2)15-11-20/h3-17,25-26H,18H2,1-2H3,(H,29,33)/t25-,26+/m1/s1. The molecule has 0 unspecified atom stereocenters. The van der Waals surface area contributed by atoms with Crippen molar-refractivity contribution >= 4 is 17.3 Å². The van der Waals surface area contributed by atoms with Gasteiger partial charge in [0, 0.05) is 30.3 Å². The third-order valence-electron chi connectivity index (χ3n) is 6.11. The lowest BCUT2D eigenvalue weighted by Crippen LogP contribution is -2.30. The number of ether oxygens (including phenoxy) is 1. The van der Waals surface area contributed by atoms with Gasteiger partial charge in [0.15, 0.2) is 5.11 Å². The largest absolute Gasteiger partial charge is 0.497 e. The smallest absolute Gasteiger partial charge is 0.170 e. The summed E-state index contributed by atoms with van der Waals surface area (Å²) in [6.07, 6.45) is 3.95. The molecule has 4 aromatic rings. The Bertz CT molecular complexity index is 1240. The fourth-order valence-electron chi connectivity index (χ4n) is 4.40. The van der Waals surface area contributed by atoms with Gasteiger partial charge in [-0.3, -0.25) is 4.98 Å². The van der Waals surface area contributed by atoms with Crippen LogP contribution in [0.2, 0.25) is 0 Å². The van der Waals surface area contributed by atoms with Crippen LogP contribution in [0.15, 0.2) is 91.3 Å². The zero-order valence-corrected chi connectivity index (χ0v) is 19.5. The van der Waals surface area contributed by atoms with E-state index in [-0.39, 0.29) is 12.1 Å². The summed E-state index contributed by atoms with van der Waals surface area (Å²) in [5, 5.41) is 4.27. The van der Waals surface area contributed by atoms with Crippen molar-refractivity contribution < 1.29 is 4.74 Å². The molecule has 1 aliphatic heterocycles. The number of rotatable bonds is 6. The van der Waals surface area contributed by atoms with Gasteiger partial charge in [-0.15, -0.1) is 0 Å². The van der Waals surface area contributed by atoms with Crippen LogP contribution in [0.3, 0.4) is 0 Å². The normalized spacial score (nSPS) is 17.8. The lowest BCUT2D eigenvalue weighted by Gasteiger charge is -2.29. The average Bonchev–Trinajstić information content (AvgIpc) is 3.45. The molecule has 2 aromatic heterocycles. The molecule has 1 fully saturated rings. The molecule has 0 amide bonds. The highest BCUT2D eigenvalue weighted by Crippen LogP contribution is 2.40. The molecular formula is C27H26N4OS. The Kier molecular flexibility index (Phi) is 5.84. The van der Waals surface area contributed by atoms with E-state index in [1.165, 1.54) is 11.1 Å². The number of thiocarbonyl (C=S) groups is 1. The van der Waals surface area contributed by atoms with Gasteiger partial charge in [-0.05, 0) is 73.2 Å². The molecule has 1 N–H and O–H groups in total. The first kappa shape index (κ1) is 21.2. The number of aryl methyl sites for hydroxylation is 1. The first-order valence-corrected chi connectivity index (χ1v) is 11.4. The third-order valence-corrected chi connectivity index (χ3v) is 6.46. The van der Waals surface area contributed by atoms with Gasteiger partial charge in [0.05, 0.1) is 24.9 Å². The van der Waals surface area contributed by atoms with E-state index in [0.29, 0.717) is 6.54 Å². The fourth-order valence-corrected chi connectivity index (χ4v) is 4.71. The lowest BCUT2D eigenvalue weighted by atomic mass is 10.0. The van der Waals surface area contributed by atoms with Gasteiger partial charge in [-0.1, -0.05) is 35.9 Å². The van der Waals surface area contributed by atoms with E-state index in [4.69, 9.17) is 17.0 Å². The molecule has 1 aliphatic rings. The van der Waals surface area contributed by atoms with Crippen molar-refractivity contribution in [3.8, 4) is 11.4 Å². The van der Waals surface area contributed by atoms with Crippen LogP contribution in [0.5, 0.6) is 5.75 Å².